The Morgan fingerprint density at radius 1 is 1.24 bits per heavy atom. The molecule has 1 amide bonds. The number of rotatable bonds is 2. The van der Waals surface area contributed by atoms with Gasteiger partial charge in [-0.2, -0.15) is 0 Å². The van der Waals surface area contributed by atoms with Gasteiger partial charge in [-0.1, -0.05) is 20.8 Å². The van der Waals surface area contributed by atoms with E-state index in [0.717, 1.165) is 11.5 Å². The predicted molar refractivity (Wildman–Crippen MR) is 89.2 cm³/mol. The summed E-state index contributed by atoms with van der Waals surface area (Å²) in [4.78, 5) is 34.6. The van der Waals surface area contributed by atoms with Gasteiger partial charge in [-0.15, -0.1) is 0 Å². The summed E-state index contributed by atoms with van der Waals surface area (Å²) in [7, 11) is 1.29. The summed E-state index contributed by atoms with van der Waals surface area (Å²) >= 11 is 0. The van der Waals surface area contributed by atoms with Gasteiger partial charge in [0.05, 0.1) is 24.8 Å². The van der Waals surface area contributed by atoms with Crippen molar-refractivity contribution < 1.29 is 18.7 Å². The molecular formula is C18H21N3O4. The van der Waals surface area contributed by atoms with Gasteiger partial charge in [0.25, 0.3) is 5.91 Å². The van der Waals surface area contributed by atoms with Gasteiger partial charge in [0.2, 0.25) is 0 Å². The first kappa shape index (κ1) is 17.1. The highest BCUT2D eigenvalue weighted by Gasteiger charge is 2.29. The molecule has 3 heterocycles. The van der Waals surface area contributed by atoms with E-state index in [1.165, 1.54) is 25.6 Å². The average molecular weight is 343 g/mol. The average Bonchev–Trinajstić information content (AvgIpc) is 3.04. The number of aromatic nitrogens is 2. The zero-order valence-corrected chi connectivity index (χ0v) is 14.8. The maximum atomic E-state index is 12.8. The van der Waals surface area contributed by atoms with Crippen molar-refractivity contribution in [2.75, 3.05) is 13.7 Å². The first-order valence-corrected chi connectivity index (χ1v) is 8.11. The number of fused-ring (bicyclic) bond motifs is 1. The number of methoxy groups -OCH3 is 1. The summed E-state index contributed by atoms with van der Waals surface area (Å²) < 4.78 is 10.5. The first-order valence-electron chi connectivity index (χ1n) is 8.11. The van der Waals surface area contributed by atoms with Crippen LogP contribution in [0.4, 0.5) is 0 Å². The number of esters is 1. The van der Waals surface area contributed by atoms with Gasteiger partial charge in [0.15, 0.2) is 5.89 Å². The van der Waals surface area contributed by atoms with E-state index in [1.807, 2.05) is 20.8 Å². The molecule has 0 fully saturated rings. The lowest BCUT2D eigenvalue weighted by molar-refractivity contribution is 0.0600. The van der Waals surface area contributed by atoms with Crippen molar-refractivity contribution in [3.8, 4) is 0 Å². The topological polar surface area (TPSA) is 85.5 Å². The van der Waals surface area contributed by atoms with Crippen LogP contribution in [0.2, 0.25) is 0 Å². The summed E-state index contributed by atoms with van der Waals surface area (Å²) in [6, 6.07) is 1.50. The Labute approximate surface area is 146 Å². The van der Waals surface area contributed by atoms with E-state index < -0.39 is 5.97 Å². The minimum Gasteiger partial charge on any atom is -0.465 e. The molecule has 0 atom stereocenters. The molecule has 0 unspecified atom stereocenters. The molecule has 7 nitrogen and oxygen atoms in total. The van der Waals surface area contributed by atoms with Crippen LogP contribution in [0.25, 0.3) is 0 Å². The molecule has 7 heteroatoms. The largest absolute Gasteiger partial charge is 0.465 e. The summed E-state index contributed by atoms with van der Waals surface area (Å²) in [6.45, 7) is 7.04. The minimum absolute atomic E-state index is 0.176. The van der Waals surface area contributed by atoms with Gasteiger partial charge in [-0.3, -0.25) is 9.78 Å². The Balaban J connectivity index is 1.81. The van der Waals surface area contributed by atoms with Gasteiger partial charge >= 0.3 is 5.97 Å². The highest BCUT2D eigenvalue weighted by atomic mass is 16.5. The van der Waals surface area contributed by atoms with Crippen LogP contribution in [-0.4, -0.2) is 40.4 Å². The van der Waals surface area contributed by atoms with E-state index >= 15 is 0 Å². The fraction of sp³-hybridized carbons (Fsp3) is 0.444. The quantitative estimate of drug-likeness (QED) is 0.778. The van der Waals surface area contributed by atoms with Crippen LogP contribution >= 0.6 is 0 Å². The molecule has 0 saturated carbocycles. The van der Waals surface area contributed by atoms with Gasteiger partial charge in [-0.05, 0) is 6.07 Å². The Morgan fingerprint density at radius 3 is 2.64 bits per heavy atom. The van der Waals surface area contributed by atoms with E-state index in [-0.39, 0.29) is 16.9 Å². The molecule has 25 heavy (non-hydrogen) atoms. The predicted octanol–water partition coefficient (Wildman–Crippen LogP) is 2.35. The van der Waals surface area contributed by atoms with E-state index in [9.17, 15) is 9.59 Å². The molecule has 0 bridgehead atoms. The smallest absolute Gasteiger partial charge is 0.339 e. The van der Waals surface area contributed by atoms with E-state index in [0.29, 0.717) is 31.0 Å². The molecule has 1 aliphatic rings. The molecule has 3 rings (SSSR count). The third-order valence-electron chi connectivity index (χ3n) is 4.06. The maximum Gasteiger partial charge on any atom is 0.339 e. The number of amides is 1. The summed E-state index contributed by atoms with van der Waals surface area (Å²) in [5.74, 6) is 0.815. The normalized spacial score (nSPS) is 14.2. The van der Waals surface area contributed by atoms with Crippen LogP contribution in [-0.2, 0) is 23.1 Å². The Hall–Kier alpha value is -2.70. The zero-order chi connectivity index (χ0) is 18.2. The number of carbonyl (C=O) groups is 2. The Morgan fingerprint density at radius 2 is 1.96 bits per heavy atom. The highest BCUT2D eigenvalue weighted by molar-refractivity contribution is 5.97. The Kier molecular flexibility index (Phi) is 4.32. The van der Waals surface area contributed by atoms with E-state index in [2.05, 4.69) is 14.7 Å². The molecule has 0 radical (unpaired) electrons. The second-order valence-corrected chi connectivity index (χ2v) is 7.07. The van der Waals surface area contributed by atoms with Gasteiger partial charge in [0.1, 0.15) is 11.5 Å². The lowest BCUT2D eigenvalue weighted by atomic mass is 9.97. The van der Waals surface area contributed by atoms with Gasteiger partial charge in [-0.25, -0.2) is 9.78 Å². The van der Waals surface area contributed by atoms with Crippen molar-refractivity contribution in [1.29, 1.82) is 0 Å². The van der Waals surface area contributed by atoms with Gasteiger partial charge < -0.3 is 14.1 Å². The lowest BCUT2D eigenvalue weighted by Gasteiger charge is -2.25. The van der Waals surface area contributed by atoms with Crippen molar-refractivity contribution >= 4 is 11.9 Å². The molecule has 2 aromatic rings. The molecule has 0 N–H and O–H groups in total. The van der Waals surface area contributed by atoms with Crippen molar-refractivity contribution in [2.45, 2.75) is 39.2 Å². The molecule has 0 spiro atoms. The monoisotopic (exact) mass is 343 g/mol. The van der Waals surface area contributed by atoms with Crippen molar-refractivity contribution in [3.63, 3.8) is 0 Å². The number of nitrogens with zero attached hydrogens (tertiary/aromatic N) is 3. The first-order chi connectivity index (χ1) is 11.8. The molecule has 132 valence electrons. The number of pyridine rings is 1. The van der Waals surface area contributed by atoms with Crippen LogP contribution < -0.4 is 0 Å². The number of carbonyl (C=O) groups excluding carboxylic acids is 2. The number of hydrogen-bond donors (Lipinski definition) is 0. The van der Waals surface area contributed by atoms with Crippen molar-refractivity contribution in [3.05, 3.63) is 46.9 Å². The second-order valence-electron chi connectivity index (χ2n) is 7.07. The number of oxazole rings is 1. The molecule has 2 aromatic heterocycles. The number of hydrogen-bond acceptors (Lipinski definition) is 6. The summed E-state index contributed by atoms with van der Waals surface area (Å²) in [6.07, 6.45) is 3.45. The fourth-order valence-corrected chi connectivity index (χ4v) is 2.66. The molecule has 0 saturated heterocycles. The second kappa shape index (κ2) is 6.31. The minimum atomic E-state index is -0.519. The summed E-state index contributed by atoms with van der Waals surface area (Å²) in [5, 5.41) is 0. The lowest BCUT2D eigenvalue weighted by Crippen LogP contribution is -2.36. The Bertz CT molecular complexity index is 820. The molecule has 0 aliphatic carbocycles. The third kappa shape index (κ3) is 3.40. The highest BCUT2D eigenvalue weighted by Crippen LogP contribution is 2.27. The molecular weight excluding hydrogens is 322 g/mol. The fourth-order valence-electron chi connectivity index (χ4n) is 2.66. The van der Waals surface area contributed by atoms with Crippen LogP contribution in [0.3, 0.4) is 0 Å². The van der Waals surface area contributed by atoms with Crippen molar-refractivity contribution in [1.82, 2.24) is 14.9 Å². The van der Waals surface area contributed by atoms with E-state index in [4.69, 9.17) is 4.42 Å². The van der Waals surface area contributed by atoms with E-state index in [1.54, 1.807) is 4.90 Å². The van der Waals surface area contributed by atoms with Crippen LogP contribution in [0.1, 0.15) is 58.8 Å². The number of ether oxygens (including phenoxy) is 1. The summed E-state index contributed by atoms with van der Waals surface area (Å²) in [5.41, 5.74) is 1.22. The third-order valence-corrected chi connectivity index (χ3v) is 4.06. The standard InChI is InChI=1S/C18H21N3O4/c1-18(2,3)17-20-13-10-21(6-5-14(13)25-17)15(22)11-7-12(9-19-8-11)16(23)24-4/h7-9H,5-6,10H2,1-4H3. The van der Waals surface area contributed by atoms with Crippen LogP contribution in [0.5, 0.6) is 0 Å². The van der Waals surface area contributed by atoms with Crippen LogP contribution in [0.15, 0.2) is 22.9 Å². The SMILES string of the molecule is COC(=O)c1cncc(C(=O)N2CCc3oc(C(C)(C)C)nc3C2)c1. The molecule has 0 aromatic carbocycles. The van der Waals surface area contributed by atoms with Gasteiger partial charge in [0, 0.05) is 30.8 Å². The van der Waals surface area contributed by atoms with Crippen LogP contribution in [0, 0.1) is 0 Å². The zero-order valence-electron chi connectivity index (χ0n) is 14.8. The molecule has 1 aliphatic heterocycles. The van der Waals surface area contributed by atoms with Crippen molar-refractivity contribution in [2.24, 2.45) is 0 Å². The maximum absolute atomic E-state index is 12.8.